The van der Waals surface area contributed by atoms with Crippen LogP contribution in [0.3, 0.4) is 0 Å². The third kappa shape index (κ3) is 2.06. The van der Waals surface area contributed by atoms with E-state index in [-0.39, 0.29) is 5.82 Å². The van der Waals surface area contributed by atoms with Gasteiger partial charge in [0.2, 0.25) is 0 Å². The van der Waals surface area contributed by atoms with E-state index in [1.165, 1.54) is 17.4 Å². The van der Waals surface area contributed by atoms with Crippen LogP contribution in [-0.4, -0.2) is 11.2 Å². The molecule has 78 valence electrons. The minimum Gasteiger partial charge on any atom is -0.241 e. The zero-order valence-corrected chi connectivity index (χ0v) is 10.1. The number of benzene rings is 1. The highest BCUT2D eigenvalue weighted by Crippen LogP contribution is 2.34. The number of thiazole rings is 1. The van der Waals surface area contributed by atoms with Gasteiger partial charge in [0.1, 0.15) is 10.8 Å². The molecule has 1 heterocycles. The van der Waals surface area contributed by atoms with Crippen LogP contribution in [0.25, 0.3) is 10.6 Å². The van der Waals surface area contributed by atoms with Crippen LogP contribution in [0.4, 0.5) is 4.39 Å². The van der Waals surface area contributed by atoms with Crippen LogP contribution in [0.2, 0.25) is 0 Å². The minimum absolute atomic E-state index is 0.198. The Kier molecular flexibility index (Phi) is 3.07. The van der Waals surface area contributed by atoms with E-state index >= 15 is 0 Å². The quantitative estimate of drug-likeness (QED) is 0.735. The molecule has 2 aromatic rings. The van der Waals surface area contributed by atoms with Crippen molar-refractivity contribution >= 4 is 23.1 Å². The smallest absolute Gasteiger partial charge is 0.134 e. The van der Waals surface area contributed by atoms with Gasteiger partial charge in [-0.1, -0.05) is 6.07 Å². The lowest BCUT2D eigenvalue weighted by molar-refractivity contribution is 0.628. The first kappa shape index (κ1) is 10.6. The van der Waals surface area contributed by atoms with Crippen molar-refractivity contribution in [1.82, 2.24) is 4.98 Å². The summed E-state index contributed by atoms with van der Waals surface area (Å²) < 4.78 is 13.7. The summed E-state index contributed by atoms with van der Waals surface area (Å²) in [5.41, 5.74) is 1.56. The second-order valence-electron chi connectivity index (χ2n) is 3.11. The van der Waals surface area contributed by atoms with Crippen LogP contribution < -0.4 is 0 Å². The van der Waals surface area contributed by atoms with Crippen molar-refractivity contribution in [3.8, 4) is 10.6 Å². The van der Waals surface area contributed by atoms with Gasteiger partial charge in [0, 0.05) is 16.0 Å². The first-order valence-electron chi connectivity index (χ1n) is 4.47. The number of aromatic nitrogens is 1. The van der Waals surface area contributed by atoms with Crippen molar-refractivity contribution < 1.29 is 4.39 Å². The maximum absolute atomic E-state index is 13.7. The number of rotatable bonds is 2. The zero-order valence-electron chi connectivity index (χ0n) is 8.45. The monoisotopic (exact) mass is 239 g/mol. The lowest BCUT2D eigenvalue weighted by Crippen LogP contribution is -1.87. The number of hydrogen-bond acceptors (Lipinski definition) is 3. The SMILES string of the molecule is CSc1cccc(F)c1-c1nc(C)cs1. The zero-order chi connectivity index (χ0) is 10.8. The molecule has 1 nitrogen and oxygen atoms in total. The topological polar surface area (TPSA) is 12.9 Å². The standard InChI is InChI=1S/C11H10FNS2/c1-7-6-15-11(13-7)10-8(12)4-3-5-9(10)14-2/h3-6H,1-2H3. The van der Waals surface area contributed by atoms with E-state index in [0.29, 0.717) is 5.56 Å². The highest BCUT2D eigenvalue weighted by molar-refractivity contribution is 7.98. The molecular weight excluding hydrogens is 229 g/mol. The van der Waals surface area contributed by atoms with Gasteiger partial charge in [-0.25, -0.2) is 9.37 Å². The fourth-order valence-electron chi connectivity index (χ4n) is 1.35. The van der Waals surface area contributed by atoms with Crippen LogP contribution in [-0.2, 0) is 0 Å². The second-order valence-corrected chi connectivity index (χ2v) is 4.82. The van der Waals surface area contributed by atoms with Gasteiger partial charge in [0.05, 0.1) is 5.56 Å². The first-order valence-corrected chi connectivity index (χ1v) is 6.58. The van der Waals surface area contributed by atoms with E-state index in [4.69, 9.17) is 0 Å². The highest BCUT2D eigenvalue weighted by atomic mass is 32.2. The van der Waals surface area contributed by atoms with Crippen molar-refractivity contribution in [3.63, 3.8) is 0 Å². The van der Waals surface area contributed by atoms with Crippen molar-refractivity contribution in [2.45, 2.75) is 11.8 Å². The molecule has 1 aromatic heterocycles. The molecule has 0 N–H and O–H groups in total. The van der Waals surface area contributed by atoms with Crippen LogP contribution in [0.5, 0.6) is 0 Å². The Morgan fingerprint density at radius 1 is 1.40 bits per heavy atom. The van der Waals surface area contributed by atoms with Gasteiger partial charge in [-0.3, -0.25) is 0 Å². The average Bonchev–Trinajstić information content (AvgIpc) is 2.64. The molecule has 0 saturated heterocycles. The molecule has 0 aliphatic rings. The van der Waals surface area contributed by atoms with Crippen molar-refractivity contribution in [2.75, 3.05) is 6.26 Å². The fourth-order valence-corrected chi connectivity index (χ4v) is 2.89. The fraction of sp³-hybridized carbons (Fsp3) is 0.182. The molecule has 0 bridgehead atoms. The van der Waals surface area contributed by atoms with E-state index < -0.39 is 0 Å². The minimum atomic E-state index is -0.198. The van der Waals surface area contributed by atoms with Crippen molar-refractivity contribution in [2.24, 2.45) is 0 Å². The molecule has 0 saturated carbocycles. The summed E-state index contributed by atoms with van der Waals surface area (Å²) in [6.07, 6.45) is 1.94. The van der Waals surface area contributed by atoms with Gasteiger partial charge in [0.15, 0.2) is 0 Å². The average molecular weight is 239 g/mol. The molecule has 0 aliphatic heterocycles. The van der Waals surface area contributed by atoms with E-state index in [0.717, 1.165) is 15.6 Å². The van der Waals surface area contributed by atoms with Gasteiger partial charge in [-0.2, -0.15) is 0 Å². The van der Waals surface area contributed by atoms with Gasteiger partial charge in [0.25, 0.3) is 0 Å². The Labute approximate surface area is 96.4 Å². The van der Waals surface area contributed by atoms with E-state index in [1.54, 1.807) is 17.8 Å². The third-order valence-corrected chi connectivity index (χ3v) is 3.79. The lowest BCUT2D eigenvalue weighted by atomic mass is 10.2. The molecule has 0 fully saturated rings. The Hall–Kier alpha value is -0.870. The Bertz CT molecular complexity index is 479. The number of thioether (sulfide) groups is 1. The Morgan fingerprint density at radius 3 is 2.80 bits per heavy atom. The van der Waals surface area contributed by atoms with E-state index in [9.17, 15) is 4.39 Å². The van der Waals surface area contributed by atoms with E-state index in [2.05, 4.69) is 4.98 Å². The van der Waals surface area contributed by atoms with Crippen LogP contribution in [0.1, 0.15) is 5.69 Å². The summed E-state index contributed by atoms with van der Waals surface area (Å²) in [7, 11) is 0. The second kappa shape index (κ2) is 4.33. The van der Waals surface area contributed by atoms with Crippen molar-refractivity contribution in [3.05, 3.63) is 35.1 Å². The lowest BCUT2D eigenvalue weighted by Gasteiger charge is -2.04. The summed E-state index contributed by atoms with van der Waals surface area (Å²) >= 11 is 3.02. The number of aryl methyl sites for hydroxylation is 1. The summed E-state index contributed by atoms with van der Waals surface area (Å²) in [5, 5.41) is 2.70. The maximum Gasteiger partial charge on any atom is 0.134 e. The maximum atomic E-state index is 13.7. The largest absolute Gasteiger partial charge is 0.241 e. The molecule has 0 aliphatic carbocycles. The third-order valence-electron chi connectivity index (χ3n) is 2.03. The Balaban J connectivity index is 2.60. The molecule has 0 amide bonds. The summed E-state index contributed by atoms with van der Waals surface area (Å²) in [6, 6.07) is 5.12. The van der Waals surface area contributed by atoms with Gasteiger partial charge < -0.3 is 0 Å². The molecule has 2 rings (SSSR count). The van der Waals surface area contributed by atoms with Crippen molar-refractivity contribution in [1.29, 1.82) is 0 Å². The molecule has 0 radical (unpaired) electrons. The summed E-state index contributed by atoms with van der Waals surface area (Å²) in [4.78, 5) is 5.25. The molecule has 1 aromatic carbocycles. The van der Waals surface area contributed by atoms with Gasteiger partial charge in [-0.05, 0) is 25.3 Å². The molecule has 0 unspecified atom stereocenters. The van der Waals surface area contributed by atoms with Crippen LogP contribution >= 0.6 is 23.1 Å². The summed E-state index contributed by atoms with van der Waals surface area (Å²) in [6.45, 7) is 1.92. The van der Waals surface area contributed by atoms with Crippen LogP contribution in [0.15, 0.2) is 28.5 Å². The predicted molar refractivity (Wildman–Crippen MR) is 64.0 cm³/mol. The predicted octanol–water partition coefficient (Wildman–Crippen LogP) is 3.98. The molecule has 15 heavy (non-hydrogen) atoms. The van der Waals surface area contributed by atoms with Crippen LogP contribution in [0, 0.1) is 12.7 Å². The molecule has 0 spiro atoms. The molecule has 4 heteroatoms. The molecule has 0 atom stereocenters. The molecular formula is C11H10FNS2. The highest BCUT2D eigenvalue weighted by Gasteiger charge is 2.12. The number of hydrogen-bond donors (Lipinski definition) is 0. The summed E-state index contributed by atoms with van der Waals surface area (Å²) in [5.74, 6) is -0.198. The number of nitrogens with zero attached hydrogens (tertiary/aromatic N) is 1. The van der Waals surface area contributed by atoms with Gasteiger partial charge >= 0.3 is 0 Å². The normalized spacial score (nSPS) is 10.6. The Morgan fingerprint density at radius 2 is 2.20 bits per heavy atom. The van der Waals surface area contributed by atoms with Gasteiger partial charge in [-0.15, -0.1) is 23.1 Å². The first-order chi connectivity index (χ1) is 7.22. The van der Waals surface area contributed by atoms with E-state index in [1.807, 2.05) is 24.6 Å². The number of halogens is 1.